The van der Waals surface area contributed by atoms with Crippen LogP contribution in [0.3, 0.4) is 0 Å². The molecule has 3 rings (SSSR count). The molecular weight excluding hydrogens is 153 g/mol. The topological polar surface area (TPSA) is 37.3 Å². The number of hydrogen-bond donors (Lipinski definition) is 1. The quantitative estimate of drug-likeness (QED) is 0.620. The highest BCUT2D eigenvalue weighted by molar-refractivity contribution is 6.65. The van der Waals surface area contributed by atoms with Crippen LogP contribution < -0.4 is 0 Å². The highest BCUT2D eigenvalue weighted by Gasteiger charge is 2.33. The number of piperidine rings is 3. The molecule has 2 bridgehead atoms. The Morgan fingerprint density at radius 2 is 1.75 bits per heavy atom. The van der Waals surface area contributed by atoms with Gasteiger partial charge in [-0.3, -0.25) is 0 Å². The molecule has 3 nitrogen and oxygen atoms in total. The van der Waals surface area contributed by atoms with Gasteiger partial charge < -0.3 is 14.3 Å². The number of fused-ring (bicyclic) bond motifs is 3. The van der Waals surface area contributed by atoms with Gasteiger partial charge in [0.15, 0.2) is 0 Å². The van der Waals surface area contributed by atoms with Crippen LogP contribution in [0.4, 0.5) is 4.79 Å². The Morgan fingerprint density at radius 1 is 1.25 bits per heavy atom. The molecule has 3 aliphatic rings. The van der Waals surface area contributed by atoms with E-state index in [4.69, 9.17) is 5.11 Å². The van der Waals surface area contributed by atoms with Gasteiger partial charge in [-0.05, 0) is 25.2 Å². The summed E-state index contributed by atoms with van der Waals surface area (Å²) >= 11 is 0. The fourth-order valence-electron chi connectivity index (χ4n) is 2.52. The lowest BCUT2D eigenvalue weighted by atomic mass is 9.75. The molecule has 0 atom stereocenters. The number of carbonyl (C=O) groups is 1. The molecule has 0 aromatic rings. The Kier molecular flexibility index (Phi) is 1.87. The lowest BCUT2D eigenvalue weighted by Crippen LogP contribution is -2.61. The third kappa shape index (κ3) is 1.35. The van der Waals surface area contributed by atoms with Crippen molar-refractivity contribution in [2.75, 3.05) is 19.6 Å². The highest BCUT2D eigenvalue weighted by Crippen LogP contribution is 2.32. The Hall–Kier alpha value is -0.505. The minimum atomic E-state index is -0.754. The molecule has 0 aliphatic carbocycles. The van der Waals surface area contributed by atoms with Crippen LogP contribution in [0.15, 0.2) is 0 Å². The van der Waals surface area contributed by atoms with Crippen LogP contribution in [-0.4, -0.2) is 42.4 Å². The zero-order valence-corrected chi connectivity index (χ0v) is 7.20. The molecule has 0 aromatic carbocycles. The van der Waals surface area contributed by atoms with Crippen molar-refractivity contribution in [2.45, 2.75) is 19.3 Å². The van der Waals surface area contributed by atoms with Crippen molar-refractivity contribution in [3.63, 3.8) is 0 Å². The van der Waals surface area contributed by atoms with Crippen molar-refractivity contribution in [3.05, 3.63) is 0 Å². The molecular formula is C8H14BNO2. The van der Waals surface area contributed by atoms with Crippen LogP contribution in [0, 0.1) is 5.92 Å². The van der Waals surface area contributed by atoms with Gasteiger partial charge >= 0.3 is 0 Å². The first kappa shape index (κ1) is 8.11. The second kappa shape index (κ2) is 2.77. The van der Waals surface area contributed by atoms with E-state index in [2.05, 4.69) is 0 Å². The standard InChI is InChI=1S/C8H13BNO2/c11-8(12)9-10-4-1-7(2-5-10)3-6-10/h7H,1-6H2/q-1/p+1. The van der Waals surface area contributed by atoms with Gasteiger partial charge in [0.05, 0.1) is 0 Å². The molecule has 0 unspecified atom stereocenters. The van der Waals surface area contributed by atoms with Crippen molar-refractivity contribution in [1.29, 1.82) is 0 Å². The second-order valence-electron chi connectivity index (χ2n) is 4.09. The van der Waals surface area contributed by atoms with Gasteiger partial charge in [-0.25, -0.2) is 0 Å². The molecule has 2 radical (unpaired) electrons. The first-order valence-corrected chi connectivity index (χ1v) is 4.65. The number of nitrogens with zero attached hydrogens (tertiary/aromatic N) is 1. The molecule has 3 fully saturated rings. The van der Waals surface area contributed by atoms with E-state index >= 15 is 0 Å². The normalized spacial score (nSPS) is 39.8. The lowest BCUT2D eigenvalue weighted by molar-refractivity contribution is -0.839. The Bertz CT molecular complexity index is 185. The van der Waals surface area contributed by atoms with E-state index in [0.717, 1.165) is 29.9 Å². The van der Waals surface area contributed by atoms with E-state index in [1.54, 1.807) is 0 Å². The summed E-state index contributed by atoms with van der Waals surface area (Å²) in [5, 5.41) is 8.71. The summed E-state index contributed by atoms with van der Waals surface area (Å²) in [4.78, 5) is 10.6. The summed E-state index contributed by atoms with van der Waals surface area (Å²) in [5.41, 5.74) is 0. The maximum Gasteiger partial charge on any atom is 0.132 e. The van der Waals surface area contributed by atoms with Crippen molar-refractivity contribution >= 4 is 13.3 Å². The minimum Gasteiger partial charge on any atom is -0.551 e. The van der Waals surface area contributed by atoms with E-state index in [1.165, 1.54) is 26.7 Å². The number of quaternary nitrogens is 1. The van der Waals surface area contributed by atoms with Gasteiger partial charge in [0.25, 0.3) is 0 Å². The van der Waals surface area contributed by atoms with Crippen LogP contribution in [0.25, 0.3) is 0 Å². The van der Waals surface area contributed by atoms with Crippen molar-refractivity contribution < 1.29 is 14.3 Å². The highest BCUT2D eigenvalue weighted by atomic mass is 16.4. The zero-order chi connectivity index (χ0) is 8.60. The second-order valence-corrected chi connectivity index (χ2v) is 4.09. The maximum absolute atomic E-state index is 10.6. The average Bonchev–Trinajstić information content (AvgIpc) is 2.05. The smallest absolute Gasteiger partial charge is 0.132 e. The summed E-state index contributed by atoms with van der Waals surface area (Å²) in [6.45, 7) is 3.16. The van der Waals surface area contributed by atoms with Crippen molar-refractivity contribution in [3.8, 4) is 0 Å². The monoisotopic (exact) mass is 167 g/mol. The van der Waals surface area contributed by atoms with Gasteiger partial charge in [-0.15, -0.1) is 0 Å². The molecule has 12 heavy (non-hydrogen) atoms. The predicted molar refractivity (Wildman–Crippen MR) is 46.0 cm³/mol. The zero-order valence-electron chi connectivity index (χ0n) is 7.20. The first-order valence-electron chi connectivity index (χ1n) is 4.65. The van der Waals surface area contributed by atoms with E-state index < -0.39 is 5.87 Å². The summed E-state index contributed by atoms with van der Waals surface area (Å²) in [5.74, 6) is 0.141. The Balaban J connectivity index is 2.03. The maximum atomic E-state index is 10.6. The summed E-state index contributed by atoms with van der Waals surface area (Å²) in [7, 11) is 1.50. The Labute approximate surface area is 73.2 Å². The number of hydrogen-bond acceptors (Lipinski definition) is 1. The molecule has 0 aromatic heterocycles. The summed E-state index contributed by atoms with van der Waals surface area (Å²) < 4.78 is 0.742. The number of rotatable bonds is 2. The van der Waals surface area contributed by atoms with Gasteiger partial charge in [0, 0.05) is 19.6 Å². The van der Waals surface area contributed by atoms with Gasteiger partial charge in [0.1, 0.15) is 13.3 Å². The van der Waals surface area contributed by atoms with E-state index in [9.17, 15) is 4.79 Å². The van der Waals surface area contributed by atoms with Crippen molar-refractivity contribution in [1.82, 2.24) is 0 Å². The van der Waals surface area contributed by atoms with Gasteiger partial charge in [-0.2, -0.15) is 0 Å². The van der Waals surface area contributed by atoms with Crippen LogP contribution in [0.1, 0.15) is 19.3 Å². The van der Waals surface area contributed by atoms with E-state index in [-0.39, 0.29) is 0 Å². The molecule has 0 amide bonds. The lowest BCUT2D eigenvalue weighted by Gasteiger charge is -2.58. The Morgan fingerprint density at radius 3 is 2.17 bits per heavy atom. The first-order chi connectivity index (χ1) is 5.70. The summed E-state index contributed by atoms with van der Waals surface area (Å²) in [6.07, 6.45) is 3.68. The number of carboxylic acid groups (broad SMARTS) is 1. The largest absolute Gasteiger partial charge is 0.551 e. The van der Waals surface area contributed by atoms with Crippen molar-refractivity contribution in [2.24, 2.45) is 5.92 Å². The van der Waals surface area contributed by atoms with Gasteiger partial charge in [0.2, 0.25) is 0 Å². The van der Waals surface area contributed by atoms with E-state index in [1.807, 2.05) is 0 Å². The van der Waals surface area contributed by atoms with E-state index in [0.29, 0.717) is 0 Å². The van der Waals surface area contributed by atoms with Crippen LogP contribution in [-0.2, 0) is 0 Å². The molecule has 3 aliphatic heterocycles. The molecule has 0 saturated carbocycles. The average molecular weight is 167 g/mol. The fourth-order valence-corrected chi connectivity index (χ4v) is 2.52. The molecule has 66 valence electrons. The fraction of sp³-hybridized carbons (Fsp3) is 0.875. The molecule has 1 N–H and O–H groups in total. The summed E-state index contributed by atoms with van der Waals surface area (Å²) in [6, 6.07) is 0. The molecule has 0 spiro atoms. The van der Waals surface area contributed by atoms with Crippen LogP contribution >= 0.6 is 0 Å². The molecule has 3 heterocycles. The van der Waals surface area contributed by atoms with Crippen LogP contribution in [0.2, 0.25) is 0 Å². The SMILES string of the molecule is O=C(O)[B-][N+]12CCC(CC1)CC2. The van der Waals surface area contributed by atoms with Crippen LogP contribution in [0.5, 0.6) is 0 Å². The molecule has 3 saturated heterocycles. The third-order valence-corrected chi connectivity index (χ3v) is 3.33. The third-order valence-electron chi connectivity index (χ3n) is 3.33. The molecule has 4 heteroatoms. The van der Waals surface area contributed by atoms with Gasteiger partial charge in [-0.1, -0.05) is 0 Å². The minimum absolute atomic E-state index is 0.742. The predicted octanol–water partition coefficient (Wildman–Crippen LogP) is 0.914.